The molecule has 0 aromatic heterocycles. The normalized spacial score (nSPS) is 30.4. The van der Waals surface area contributed by atoms with Crippen molar-refractivity contribution in [2.45, 2.75) is 40.1 Å². The van der Waals surface area contributed by atoms with Crippen LogP contribution >= 0.6 is 39.3 Å². The van der Waals surface area contributed by atoms with Gasteiger partial charge in [-0.05, 0) is 43.5 Å². The Morgan fingerprint density at radius 2 is 1.81 bits per heavy atom. The summed E-state index contributed by atoms with van der Waals surface area (Å²) < 4.78 is -0.737. The Morgan fingerprint density at radius 1 is 1.08 bits per heavy atom. The first kappa shape index (κ1) is 25.6. The number of carbonyl (C=O) groups excluding carboxylic acids is 3. The Hall–Kier alpha value is -2.07. The van der Waals surface area contributed by atoms with E-state index in [1.807, 2.05) is 30.3 Å². The molecule has 0 saturated carbocycles. The van der Waals surface area contributed by atoms with Crippen LogP contribution in [0, 0.1) is 11.8 Å². The molecule has 7 nitrogen and oxygen atoms in total. The number of aliphatic hydroxyl groups excluding tert-OH is 1. The van der Waals surface area contributed by atoms with Crippen molar-refractivity contribution in [3.05, 3.63) is 59.6 Å². The second-order valence-corrected chi connectivity index (χ2v) is 12.6. The van der Waals surface area contributed by atoms with E-state index in [9.17, 15) is 19.5 Å². The summed E-state index contributed by atoms with van der Waals surface area (Å²) in [6.07, 6.45) is 1.69. The van der Waals surface area contributed by atoms with E-state index in [4.69, 9.17) is 11.6 Å². The summed E-state index contributed by atoms with van der Waals surface area (Å²) >= 11 is 11.7. The van der Waals surface area contributed by atoms with Gasteiger partial charge >= 0.3 is 0 Å². The van der Waals surface area contributed by atoms with E-state index in [1.165, 1.54) is 0 Å². The number of benzene rings is 2. The fourth-order valence-electron chi connectivity index (χ4n) is 5.87. The minimum absolute atomic E-state index is 0.00826. The van der Waals surface area contributed by atoms with Gasteiger partial charge in [-0.15, -0.1) is 11.8 Å². The van der Waals surface area contributed by atoms with Gasteiger partial charge in [0.05, 0.1) is 27.3 Å². The Bertz CT molecular complexity index is 1170. The molecule has 2 aromatic carbocycles. The third-order valence-corrected chi connectivity index (χ3v) is 10.9. The molecule has 3 fully saturated rings. The molecule has 10 heteroatoms. The highest BCUT2D eigenvalue weighted by molar-refractivity contribution is 9.09. The van der Waals surface area contributed by atoms with Crippen LogP contribution in [-0.2, 0) is 14.4 Å². The molecule has 6 atom stereocenters. The number of rotatable bonds is 8. The van der Waals surface area contributed by atoms with Gasteiger partial charge in [0.25, 0.3) is 0 Å². The van der Waals surface area contributed by atoms with Crippen molar-refractivity contribution in [1.29, 1.82) is 0 Å². The highest BCUT2D eigenvalue weighted by atomic mass is 79.9. The number of likely N-dealkylation sites (tertiary alicyclic amines) is 1. The number of hydrogen-bond acceptors (Lipinski definition) is 5. The highest BCUT2D eigenvalue weighted by Gasteiger charge is 2.75. The number of alkyl halides is 1. The molecule has 0 aliphatic carbocycles. The van der Waals surface area contributed by atoms with Gasteiger partial charge in [-0.1, -0.05) is 57.9 Å². The highest BCUT2D eigenvalue weighted by Crippen LogP contribution is 2.67. The van der Waals surface area contributed by atoms with Gasteiger partial charge in [-0.3, -0.25) is 14.4 Å². The first-order valence-electron chi connectivity index (χ1n) is 12.0. The van der Waals surface area contributed by atoms with Crippen molar-refractivity contribution < 1.29 is 19.5 Å². The summed E-state index contributed by atoms with van der Waals surface area (Å²) in [6.45, 7) is 0.346. The number of para-hydroxylation sites is 2. The molecule has 190 valence electrons. The first-order valence-corrected chi connectivity index (χ1v) is 14.2. The predicted octanol–water partition coefficient (Wildman–Crippen LogP) is 4.15. The molecule has 5 rings (SSSR count). The molecular weight excluding hydrogens is 566 g/mol. The number of nitrogens with zero attached hydrogens (tertiary/aromatic N) is 1. The molecule has 3 heterocycles. The second kappa shape index (κ2) is 10.4. The number of thioether (sulfide) groups is 1. The number of aliphatic hydroxyl groups is 1. The fourth-order valence-corrected chi connectivity index (χ4v) is 9.67. The number of hydrogen-bond donors (Lipinski definition) is 3. The van der Waals surface area contributed by atoms with Crippen molar-refractivity contribution in [1.82, 2.24) is 4.90 Å². The summed E-state index contributed by atoms with van der Waals surface area (Å²) in [5, 5.41) is 15.5. The molecule has 3 aliphatic heterocycles. The van der Waals surface area contributed by atoms with Crippen LogP contribution < -0.4 is 10.6 Å². The van der Waals surface area contributed by atoms with Crippen LogP contribution in [0.3, 0.4) is 0 Å². The van der Waals surface area contributed by atoms with Gasteiger partial charge in [-0.2, -0.15) is 0 Å². The van der Waals surface area contributed by atoms with Crippen LogP contribution in [0.5, 0.6) is 0 Å². The number of fused-ring (bicyclic) bond motifs is 1. The zero-order valence-electron chi connectivity index (χ0n) is 19.4. The minimum atomic E-state index is -0.755. The number of nitrogens with one attached hydrogen (secondary N) is 2. The summed E-state index contributed by atoms with van der Waals surface area (Å²) in [6, 6.07) is 15.4. The number of unbranched alkanes of at least 4 members (excludes halogenated alkanes) is 1. The SMILES string of the molecule is O=C(Nc1ccccc1Cl)C1N(CCCCO)C(=O)[C@@H]2[C@@H](C(=O)Nc3ccccc3)[C@@H]3SC12CC3Br. The van der Waals surface area contributed by atoms with E-state index < -0.39 is 22.6 Å². The van der Waals surface area contributed by atoms with Gasteiger partial charge in [0.1, 0.15) is 6.04 Å². The lowest BCUT2D eigenvalue weighted by Gasteiger charge is -2.35. The Kier molecular flexibility index (Phi) is 7.36. The number of amides is 3. The van der Waals surface area contributed by atoms with E-state index in [0.717, 1.165) is 0 Å². The second-order valence-electron chi connectivity index (χ2n) is 9.45. The van der Waals surface area contributed by atoms with Gasteiger partial charge in [0.2, 0.25) is 17.7 Å². The smallest absolute Gasteiger partial charge is 0.248 e. The Balaban J connectivity index is 1.49. The van der Waals surface area contributed by atoms with Crippen LogP contribution in [0.15, 0.2) is 54.6 Å². The van der Waals surface area contributed by atoms with E-state index in [0.29, 0.717) is 42.2 Å². The van der Waals surface area contributed by atoms with Gasteiger partial charge in [0.15, 0.2) is 0 Å². The molecule has 2 aromatic rings. The Labute approximate surface area is 227 Å². The molecule has 3 aliphatic rings. The monoisotopic (exact) mass is 591 g/mol. The van der Waals surface area contributed by atoms with Crippen molar-refractivity contribution in [2.24, 2.45) is 11.8 Å². The first-order chi connectivity index (χ1) is 17.4. The third kappa shape index (κ3) is 4.34. The molecule has 3 saturated heterocycles. The molecule has 3 amide bonds. The largest absolute Gasteiger partial charge is 0.396 e. The molecule has 3 N–H and O–H groups in total. The topological polar surface area (TPSA) is 98.7 Å². The van der Waals surface area contributed by atoms with E-state index in [1.54, 1.807) is 40.9 Å². The summed E-state index contributed by atoms with van der Waals surface area (Å²) in [7, 11) is 0. The number of anilines is 2. The maximum Gasteiger partial charge on any atom is 0.248 e. The lowest BCUT2D eigenvalue weighted by Crippen LogP contribution is -2.52. The van der Waals surface area contributed by atoms with Gasteiger partial charge in [0, 0.05) is 28.9 Å². The molecular formula is C26H27BrClN3O4S. The van der Waals surface area contributed by atoms with E-state index in [-0.39, 0.29) is 34.4 Å². The maximum absolute atomic E-state index is 13.9. The minimum Gasteiger partial charge on any atom is -0.396 e. The zero-order chi connectivity index (χ0) is 25.4. The Morgan fingerprint density at radius 3 is 2.53 bits per heavy atom. The van der Waals surface area contributed by atoms with Crippen molar-refractivity contribution >= 4 is 68.4 Å². The summed E-state index contributed by atoms with van der Waals surface area (Å²) in [5.41, 5.74) is 1.16. The molecule has 1 spiro atoms. The third-order valence-electron chi connectivity index (χ3n) is 7.32. The standard InChI is InChI=1S/C26H27BrClN3O4S/c27-16-14-26-20(19(21(16)36-26)23(33)29-15-8-2-1-3-9-15)25(35)31(12-6-7-13-32)22(26)24(34)30-18-11-5-4-10-17(18)28/h1-5,8-11,16,19-22,32H,6-7,12-14H2,(H,29,33)(H,30,34)/t16?,19-,20+,21-,22?,26?/m1/s1. The van der Waals surface area contributed by atoms with Crippen LogP contribution in [0.2, 0.25) is 5.02 Å². The number of carbonyl (C=O) groups is 3. The molecule has 2 bridgehead atoms. The van der Waals surface area contributed by atoms with Crippen molar-refractivity contribution in [3.63, 3.8) is 0 Å². The van der Waals surface area contributed by atoms with Gasteiger partial charge < -0.3 is 20.6 Å². The molecule has 36 heavy (non-hydrogen) atoms. The van der Waals surface area contributed by atoms with Crippen LogP contribution in [0.4, 0.5) is 11.4 Å². The lowest BCUT2D eigenvalue weighted by atomic mass is 9.70. The van der Waals surface area contributed by atoms with Crippen LogP contribution in [0.25, 0.3) is 0 Å². The molecule has 0 radical (unpaired) electrons. The maximum atomic E-state index is 13.9. The predicted molar refractivity (Wildman–Crippen MR) is 145 cm³/mol. The summed E-state index contributed by atoms with van der Waals surface area (Å²) in [4.78, 5) is 42.9. The van der Waals surface area contributed by atoms with E-state index >= 15 is 0 Å². The molecule has 3 unspecified atom stereocenters. The van der Waals surface area contributed by atoms with Crippen molar-refractivity contribution in [2.75, 3.05) is 23.8 Å². The van der Waals surface area contributed by atoms with Gasteiger partial charge in [-0.25, -0.2) is 0 Å². The average molecular weight is 593 g/mol. The van der Waals surface area contributed by atoms with E-state index in [2.05, 4.69) is 26.6 Å². The zero-order valence-corrected chi connectivity index (χ0v) is 22.6. The van der Waals surface area contributed by atoms with Crippen LogP contribution in [-0.4, -0.2) is 61.7 Å². The van der Waals surface area contributed by atoms with Crippen molar-refractivity contribution in [3.8, 4) is 0 Å². The quantitative estimate of drug-likeness (QED) is 0.316. The fraction of sp³-hybridized carbons (Fsp3) is 0.423. The number of halogens is 2. The summed E-state index contributed by atoms with van der Waals surface area (Å²) in [5.74, 6) is -1.86. The average Bonchev–Trinajstić information content (AvgIpc) is 3.45. The van der Waals surface area contributed by atoms with Crippen LogP contribution in [0.1, 0.15) is 19.3 Å². The lowest BCUT2D eigenvalue weighted by molar-refractivity contribution is -0.138.